The van der Waals surface area contributed by atoms with Crippen LogP contribution in [0.5, 0.6) is 0 Å². The Morgan fingerprint density at radius 1 is 1.15 bits per heavy atom. The van der Waals surface area contributed by atoms with E-state index in [9.17, 15) is 14.4 Å². The monoisotopic (exact) mass is 357 g/mol. The third-order valence-electron chi connectivity index (χ3n) is 4.97. The summed E-state index contributed by atoms with van der Waals surface area (Å²) in [5.74, 6) is -0.482. The summed E-state index contributed by atoms with van der Waals surface area (Å²) < 4.78 is 4.75. The van der Waals surface area contributed by atoms with E-state index in [4.69, 9.17) is 4.74 Å². The van der Waals surface area contributed by atoms with Crippen molar-refractivity contribution in [2.75, 3.05) is 11.5 Å². The molecule has 7 nitrogen and oxygen atoms in total. The molecule has 1 aliphatic heterocycles. The second-order valence-corrected chi connectivity index (χ2v) is 6.59. The zero-order valence-corrected chi connectivity index (χ0v) is 15.0. The average molecular weight is 357 g/mol. The molecule has 0 unspecified atom stereocenters. The van der Waals surface area contributed by atoms with E-state index in [0.29, 0.717) is 11.4 Å². The largest absolute Gasteiger partial charge is 0.449 e. The van der Waals surface area contributed by atoms with E-state index in [2.05, 4.69) is 10.5 Å². The molecule has 1 aromatic carbocycles. The van der Waals surface area contributed by atoms with Gasteiger partial charge in [0, 0.05) is 0 Å². The zero-order chi connectivity index (χ0) is 18.7. The number of ether oxygens (including phenoxy) is 1. The highest BCUT2D eigenvalue weighted by Gasteiger charge is 2.48. The van der Waals surface area contributed by atoms with Gasteiger partial charge in [-0.3, -0.25) is 14.5 Å². The molecule has 0 aromatic heterocycles. The summed E-state index contributed by atoms with van der Waals surface area (Å²) >= 11 is 0. The van der Waals surface area contributed by atoms with Crippen molar-refractivity contribution in [2.45, 2.75) is 39.5 Å². The Hall–Kier alpha value is -2.70. The number of anilines is 1. The van der Waals surface area contributed by atoms with Gasteiger partial charge < -0.3 is 4.74 Å². The minimum absolute atomic E-state index is 0.0817. The van der Waals surface area contributed by atoms with Crippen molar-refractivity contribution in [3.05, 3.63) is 29.8 Å². The number of imide groups is 1. The number of nitrogens with zero attached hydrogens (tertiary/aromatic N) is 2. The molecule has 1 N–H and O–H groups in total. The standard InChI is InChI=1S/C19H23N3O4/c1-3-26-19(25)21-20-12(2)13-8-10-14(11-9-13)22-17(23)15-6-4-5-7-16(15)18(22)24/h8-11,15-16H,3-7H2,1-2H3,(H,21,25)/b20-12-/t15-,16+. The lowest BCUT2D eigenvalue weighted by atomic mass is 9.81. The number of amides is 3. The van der Waals surface area contributed by atoms with Crippen molar-refractivity contribution in [2.24, 2.45) is 16.9 Å². The molecule has 138 valence electrons. The molecule has 0 spiro atoms. The molecule has 1 saturated carbocycles. The molecule has 2 aliphatic rings. The number of nitrogens with one attached hydrogen (secondary N) is 1. The van der Waals surface area contributed by atoms with Gasteiger partial charge in [0.15, 0.2) is 0 Å². The Bertz CT molecular complexity index is 718. The number of hydrogen-bond donors (Lipinski definition) is 1. The van der Waals surface area contributed by atoms with Gasteiger partial charge in [0.2, 0.25) is 11.8 Å². The number of carbonyl (C=O) groups is 3. The van der Waals surface area contributed by atoms with E-state index in [0.717, 1.165) is 31.2 Å². The fraction of sp³-hybridized carbons (Fsp3) is 0.474. The van der Waals surface area contributed by atoms with Crippen LogP contribution in [0.15, 0.2) is 29.4 Å². The maximum absolute atomic E-state index is 12.6. The molecule has 2 fully saturated rings. The van der Waals surface area contributed by atoms with Gasteiger partial charge >= 0.3 is 6.09 Å². The first kappa shape index (κ1) is 18.1. The lowest BCUT2D eigenvalue weighted by Gasteiger charge is -2.19. The quantitative estimate of drug-likeness (QED) is 0.510. The highest BCUT2D eigenvalue weighted by Crippen LogP contribution is 2.40. The first-order valence-corrected chi connectivity index (χ1v) is 8.98. The van der Waals surface area contributed by atoms with Crippen molar-refractivity contribution < 1.29 is 19.1 Å². The van der Waals surface area contributed by atoms with E-state index >= 15 is 0 Å². The summed E-state index contributed by atoms with van der Waals surface area (Å²) in [6.07, 6.45) is 3.01. The molecule has 1 aromatic rings. The predicted molar refractivity (Wildman–Crippen MR) is 96.8 cm³/mol. The minimum atomic E-state index is -0.612. The van der Waals surface area contributed by atoms with Gasteiger partial charge in [-0.2, -0.15) is 5.10 Å². The molecule has 2 atom stereocenters. The normalized spacial score (nSPS) is 23.0. The Balaban J connectivity index is 1.73. The Morgan fingerprint density at radius 2 is 1.73 bits per heavy atom. The SMILES string of the molecule is CCOC(=O)N/N=C(/C)c1ccc(N2C(=O)[C@H]3CCCC[C@H]3C2=O)cc1. The van der Waals surface area contributed by atoms with Gasteiger partial charge in [0.25, 0.3) is 0 Å². The first-order valence-electron chi connectivity index (χ1n) is 8.98. The molecule has 3 rings (SSSR count). The maximum Gasteiger partial charge on any atom is 0.427 e. The summed E-state index contributed by atoms with van der Waals surface area (Å²) in [5, 5.41) is 3.97. The molecule has 3 amide bonds. The van der Waals surface area contributed by atoms with Crippen LogP contribution in [-0.4, -0.2) is 30.2 Å². The predicted octanol–water partition coefficient (Wildman–Crippen LogP) is 2.84. The van der Waals surface area contributed by atoms with Crippen LogP contribution in [0.2, 0.25) is 0 Å². The number of hydrazone groups is 1. The van der Waals surface area contributed by atoms with Crippen molar-refractivity contribution in [3.8, 4) is 0 Å². The summed E-state index contributed by atoms with van der Waals surface area (Å²) in [4.78, 5) is 37.9. The van der Waals surface area contributed by atoms with Crippen LogP contribution in [0.25, 0.3) is 0 Å². The fourth-order valence-electron chi connectivity index (χ4n) is 3.63. The van der Waals surface area contributed by atoms with Crippen LogP contribution in [-0.2, 0) is 14.3 Å². The molecule has 0 radical (unpaired) electrons. The second-order valence-electron chi connectivity index (χ2n) is 6.59. The van der Waals surface area contributed by atoms with Crippen molar-refractivity contribution >= 4 is 29.3 Å². The van der Waals surface area contributed by atoms with E-state index in [1.54, 1.807) is 38.1 Å². The summed E-state index contributed by atoms with van der Waals surface area (Å²) in [6, 6.07) is 7.05. The van der Waals surface area contributed by atoms with E-state index in [1.807, 2.05) is 0 Å². The molecule has 1 aliphatic carbocycles. The molecule has 0 bridgehead atoms. The van der Waals surface area contributed by atoms with Crippen molar-refractivity contribution in [1.82, 2.24) is 5.43 Å². The molecule has 7 heteroatoms. The molecular weight excluding hydrogens is 334 g/mol. The van der Waals surface area contributed by atoms with Crippen molar-refractivity contribution in [3.63, 3.8) is 0 Å². The van der Waals surface area contributed by atoms with Gasteiger partial charge in [-0.15, -0.1) is 0 Å². The van der Waals surface area contributed by atoms with Gasteiger partial charge in [0.1, 0.15) is 0 Å². The van der Waals surface area contributed by atoms with E-state index < -0.39 is 6.09 Å². The lowest BCUT2D eigenvalue weighted by molar-refractivity contribution is -0.122. The molecular formula is C19H23N3O4. The molecule has 1 saturated heterocycles. The summed E-state index contributed by atoms with van der Waals surface area (Å²) in [7, 11) is 0. The average Bonchev–Trinajstić information content (AvgIpc) is 2.91. The van der Waals surface area contributed by atoms with Crippen LogP contribution in [0, 0.1) is 11.8 Å². The van der Waals surface area contributed by atoms with Crippen LogP contribution in [0.1, 0.15) is 45.1 Å². The van der Waals surface area contributed by atoms with Crippen molar-refractivity contribution in [1.29, 1.82) is 0 Å². The lowest BCUT2D eigenvalue weighted by Crippen LogP contribution is -2.30. The second kappa shape index (κ2) is 7.68. The minimum Gasteiger partial charge on any atom is -0.449 e. The molecule has 26 heavy (non-hydrogen) atoms. The smallest absolute Gasteiger partial charge is 0.427 e. The van der Waals surface area contributed by atoms with Crippen LogP contribution >= 0.6 is 0 Å². The summed E-state index contributed by atoms with van der Waals surface area (Å²) in [6.45, 7) is 3.74. The number of fused-ring (bicyclic) bond motifs is 1. The van der Waals surface area contributed by atoms with Gasteiger partial charge in [0.05, 0.1) is 29.8 Å². The van der Waals surface area contributed by atoms with Gasteiger partial charge in [-0.05, 0) is 44.4 Å². The fourth-order valence-corrected chi connectivity index (χ4v) is 3.63. The Morgan fingerprint density at radius 3 is 2.27 bits per heavy atom. The first-order chi connectivity index (χ1) is 12.5. The zero-order valence-electron chi connectivity index (χ0n) is 15.0. The highest BCUT2D eigenvalue weighted by molar-refractivity contribution is 6.22. The van der Waals surface area contributed by atoms with Gasteiger partial charge in [-0.25, -0.2) is 10.2 Å². The maximum atomic E-state index is 12.6. The summed E-state index contributed by atoms with van der Waals surface area (Å²) in [5.41, 5.74) is 4.27. The van der Waals surface area contributed by atoms with E-state index in [-0.39, 0.29) is 30.3 Å². The number of benzene rings is 1. The van der Waals surface area contributed by atoms with Gasteiger partial charge in [-0.1, -0.05) is 25.0 Å². The third-order valence-corrected chi connectivity index (χ3v) is 4.97. The Kier molecular flexibility index (Phi) is 5.35. The highest BCUT2D eigenvalue weighted by atomic mass is 16.5. The number of hydrogen-bond acceptors (Lipinski definition) is 5. The number of carbonyl (C=O) groups excluding carboxylic acids is 3. The van der Waals surface area contributed by atoms with Crippen LogP contribution < -0.4 is 10.3 Å². The van der Waals surface area contributed by atoms with Crippen LogP contribution in [0.3, 0.4) is 0 Å². The topological polar surface area (TPSA) is 88.1 Å². The molecule has 1 heterocycles. The Labute approximate surface area is 152 Å². The van der Waals surface area contributed by atoms with Crippen LogP contribution in [0.4, 0.5) is 10.5 Å². The third kappa shape index (κ3) is 3.47. The van der Waals surface area contributed by atoms with E-state index in [1.165, 1.54) is 4.90 Å². The number of rotatable bonds is 4.